The van der Waals surface area contributed by atoms with E-state index in [-0.39, 0.29) is 11.0 Å². The molecule has 2 rings (SSSR count). The zero-order valence-electron chi connectivity index (χ0n) is 12.7. The fourth-order valence-electron chi connectivity index (χ4n) is 2.52. The number of pyridine rings is 1. The van der Waals surface area contributed by atoms with Crippen LogP contribution in [0, 0.1) is 0 Å². The molecule has 2 atom stereocenters. The highest BCUT2D eigenvalue weighted by molar-refractivity contribution is 7.89. The Hall–Kier alpha value is -1.18. The molecule has 1 saturated carbocycles. The molecule has 0 bridgehead atoms. The average molecular weight is 313 g/mol. The minimum Gasteiger partial charge on any atom is -0.473 e. The summed E-state index contributed by atoms with van der Waals surface area (Å²) in [5, 5.41) is 3.27. The summed E-state index contributed by atoms with van der Waals surface area (Å²) in [6.07, 6.45) is 5.88. The summed E-state index contributed by atoms with van der Waals surface area (Å²) in [6, 6.07) is 3.48. The van der Waals surface area contributed by atoms with Crippen LogP contribution >= 0.6 is 0 Å². The van der Waals surface area contributed by atoms with Crippen molar-refractivity contribution in [2.24, 2.45) is 0 Å². The van der Waals surface area contributed by atoms with Gasteiger partial charge in [-0.1, -0.05) is 6.42 Å². The Bertz CT molecular complexity index is 557. The number of sulfonamides is 1. The zero-order valence-corrected chi connectivity index (χ0v) is 13.6. The fourth-order valence-corrected chi connectivity index (χ4v) is 3.37. The molecule has 1 N–H and O–H groups in total. The fraction of sp³-hybridized carbons (Fsp3) is 0.643. The molecule has 1 fully saturated rings. The Morgan fingerprint density at radius 1 is 1.29 bits per heavy atom. The van der Waals surface area contributed by atoms with E-state index in [0.29, 0.717) is 11.9 Å². The monoisotopic (exact) mass is 313 g/mol. The van der Waals surface area contributed by atoms with E-state index >= 15 is 0 Å². The van der Waals surface area contributed by atoms with Crippen LogP contribution in [0.15, 0.2) is 23.2 Å². The first kappa shape index (κ1) is 16.2. The number of rotatable bonds is 5. The zero-order chi connectivity index (χ0) is 15.5. The lowest BCUT2D eigenvalue weighted by Crippen LogP contribution is -2.43. The van der Waals surface area contributed by atoms with Crippen LogP contribution in [0.3, 0.4) is 0 Å². The van der Waals surface area contributed by atoms with Crippen LogP contribution in [0.25, 0.3) is 0 Å². The summed E-state index contributed by atoms with van der Waals surface area (Å²) < 4.78 is 31.0. The first-order valence-electron chi connectivity index (χ1n) is 7.17. The van der Waals surface area contributed by atoms with Gasteiger partial charge in [0.05, 0.1) is 6.20 Å². The van der Waals surface area contributed by atoms with E-state index in [2.05, 4.69) is 10.3 Å². The number of hydrogen-bond acceptors (Lipinski definition) is 5. The van der Waals surface area contributed by atoms with Gasteiger partial charge < -0.3 is 10.1 Å². The van der Waals surface area contributed by atoms with Crippen LogP contribution in [0.5, 0.6) is 5.88 Å². The summed E-state index contributed by atoms with van der Waals surface area (Å²) in [4.78, 5) is 4.31. The molecular formula is C14H23N3O3S. The third-order valence-corrected chi connectivity index (χ3v) is 5.63. The van der Waals surface area contributed by atoms with E-state index in [9.17, 15) is 8.42 Å². The van der Waals surface area contributed by atoms with Gasteiger partial charge in [0.2, 0.25) is 15.9 Å². The lowest BCUT2D eigenvalue weighted by molar-refractivity contribution is 0.113. The van der Waals surface area contributed by atoms with Gasteiger partial charge in [0.1, 0.15) is 11.0 Å². The number of ether oxygens (including phenoxy) is 1. The van der Waals surface area contributed by atoms with Crippen LogP contribution in [-0.2, 0) is 10.0 Å². The van der Waals surface area contributed by atoms with Crippen LogP contribution in [0.1, 0.15) is 25.7 Å². The maximum atomic E-state index is 12.0. The Kier molecular flexibility index (Phi) is 5.18. The molecule has 1 aliphatic carbocycles. The van der Waals surface area contributed by atoms with Gasteiger partial charge in [-0.25, -0.2) is 17.7 Å². The van der Waals surface area contributed by atoms with E-state index in [1.165, 1.54) is 37.1 Å². The van der Waals surface area contributed by atoms with Crippen LogP contribution < -0.4 is 10.1 Å². The maximum absolute atomic E-state index is 12.0. The summed E-state index contributed by atoms with van der Waals surface area (Å²) in [6.45, 7) is 0. The van der Waals surface area contributed by atoms with E-state index in [1.54, 1.807) is 6.07 Å². The quantitative estimate of drug-likeness (QED) is 0.885. The number of aromatic nitrogens is 1. The Morgan fingerprint density at radius 2 is 2.00 bits per heavy atom. The van der Waals surface area contributed by atoms with Gasteiger partial charge in [-0.2, -0.15) is 0 Å². The molecule has 0 saturated heterocycles. The van der Waals surface area contributed by atoms with Crippen LogP contribution in [0.4, 0.5) is 0 Å². The second-order valence-corrected chi connectivity index (χ2v) is 7.61. The minimum atomic E-state index is -3.44. The summed E-state index contributed by atoms with van der Waals surface area (Å²) in [5.74, 6) is 0.472. The third-order valence-electron chi connectivity index (χ3n) is 3.83. The molecule has 1 heterocycles. The average Bonchev–Trinajstić information content (AvgIpc) is 2.48. The highest BCUT2D eigenvalue weighted by atomic mass is 32.2. The second-order valence-electron chi connectivity index (χ2n) is 5.46. The van der Waals surface area contributed by atoms with Gasteiger partial charge in [-0.3, -0.25) is 0 Å². The lowest BCUT2D eigenvalue weighted by atomic mass is 9.92. The second kappa shape index (κ2) is 6.72. The molecule has 0 amide bonds. The van der Waals surface area contributed by atoms with Crippen molar-refractivity contribution >= 4 is 10.0 Å². The van der Waals surface area contributed by atoms with E-state index < -0.39 is 10.0 Å². The van der Waals surface area contributed by atoms with Gasteiger partial charge in [0.15, 0.2) is 0 Å². The lowest BCUT2D eigenvalue weighted by Gasteiger charge is -2.31. The molecule has 7 heteroatoms. The van der Waals surface area contributed by atoms with Crippen molar-refractivity contribution in [3.63, 3.8) is 0 Å². The smallest absolute Gasteiger partial charge is 0.244 e. The van der Waals surface area contributed by atoms with E-state index in [0.717, 1.165) is 19.3 Å². The SMILES string of the molecule is CNC1CCCCC1Oc1ccc(S(=O)(=O)N(C)C)cn1. The number of likely N-dealkylation sites (N-methyl/N-ethyl adjacent to an activating group) is 1. The van der Waals surface area contributed by atoms with E-state index in [1.807, 2.05) is 7.05 Å². The number of nitrogens with zero attached hydrogens (tertiary/aromatic N) is 2. The largest absolute Gasteiger partial charge is 0.473 e. The van der Waals surface area contributed by atoms with E-state index in [4.69, 9.17) is 4.74 Å². The molecular weight excluding hydrogens is 290 g/mol. The Balaban J connectivity index is 2.09. The van der Waals surface area contributed by atoms with Crippen molar-refractivity contribution in [1.29, 1.82) is 0 Å². The van der Waals surface area contributed by atoms with Gasteiger partial charge in [-0.05, 0) is 32.4 Å². The molecule has 0 radical (unpaired) electrons. The summed E-state index contributed by atoms with van der Waals surface area (Å²) >= 11 is 0. The van der Waals surface area contributed by atoms with Gasteiger partial charge >= 0.3 is 0 Å². The van der Waals surface area contributed by atoms with Crippen molar-refractivity contribution in [2.75, 3.05) is 21.1 Å². The van der Waals surface area contributed by atoms with Crippen LogP contribution in [-0.4, -0.2) is 51.0 Å². The minimum absolute atomic E-state index is 0.0903. The molecule has 1 aromatic rings. The predicted molar refractivity (Wildman–Crippen MR) is 80.8 cm³/mol. The first-order chi connectivity index (χ1) is 9.95. The van der Waals surface area contributed by atoms with Crippen molar-refractivity contribution in [3.8, 4) is 5.88 Å². The molecule has 0 spiro atoms. The molecule has 6 nitrogen and oxygen atoms in total. The Labute approximate surface area is 126 Å². The Morgan fingerprint density at radius 3 is 2.57 bits per heavy atom. The normalized spacial score (nSPS) is 23.2. The van der Waals surface area contributed by atoms with Gasteiger partial charge in [-0.15, -0.1) is 0 Å². The highest BCUT2D eigenvalue weighted by Crippen LogP contribution is 2.23. The molecule has 0 aliphatic heterocycles. The standard InChI is InChI=1S/C14H23N3O3S/c1-15-12-6-4-5-7-13(12)20-14-9-8-11(10-16-14)21(18,19)17(2)3/h8-10,12-13,15H,4-7H2,1-3H3. The molecule has 21 heavy (non-hydrogen) atoms. The first-order valence-corrected chi connectivity index (χ1v) is 8.61. The topological polar surface area (TPSA) is 71.5 Å². The molecule has 118 valence electrons. The third kappa shape index (κ3) is 3.72. The molecule has 1 aromatic heterocycles. The number of nitrogens with one attached hydrogen (secondary N) is 1. The molecule has 0 aromatic carbocycles. The van der Waals surface area contributed by atoms with Crippen LogP contribution in [0.2, 0.25) is 0 Å². The number of hydrogen-bond donors (Lipinski definition) is 1. The van der Waals surface area contributed by atoms with Crippen molar-refractivity contribution in [3.05, 3.63) is 18.3 Å². The maximum Gasteiger partial charge on any atom is 0.244 e. The van der Waals surface area contributed by atoms with Crippen molar-refractivity contribution < 1.29 is 13.2 Å². The summed E-state index contributed by atoms with van der Waals surface area (Å²) in [7, 11) is 1.50. The van der Waals surface area contributed by atoms with Crippen molar-refractivity contribution in [1.82, 2.24) is 14.6 Å². The highest BCUT2D eigenvalue weighted by Gasteiger charge is 2.26. The van der Waals surface area contributed by atoms with Gasteiger partial charge in [0, 0.05) is 26.2 Å². The van der Waals surface area contributed by atoms with Crippen molar-refractivity contribution in [2.45, 2.75) is 42.7 Å². The molecule has 2 unspecified atom stereocenters. The molecule has 1 aliphatic rings. The predicted octanol–water partition coefficient (Wildman–Crippen LogP) is 1.24. The summed E-state index contributed by atoms with van der Waals surface area (Å²) in [5.41, 5.74) is 0. The van der Waals surface area contributed by atoms with Gasteiger partial charge in [0.25, 0.3) is 0 Å².